The van der Waals surface area contributed by atoms with Gasteiger partial charge in [-0.25, -0.2) is 25.0 Å². The number of nitrogens with two attached hydrogens (primary N) is 3. The van der Waals surface area contributed by atoms with Gasteiger partial charge in [0.15, 0.2) is 0 Å². The molecule has 0 aliphatic heterocycles. The Kier molecular flexibility index (Phi) is 75.9. The molecule has 15 N–H and O–H groups in total. The Labute approximate surface area is 384 Å². The van der Waals surface area contributed by atoms with Crippen molar-refractivity contribution < 1.29 is 0 Å². The summed E-state index contributed by atoms with van der Waals surface area (Å²) in [6.07, 6.45) is 0. The zero-order valence-corrected chi connectivity index (χ0v) is 47.6. The highest BCUT2D eigenvalue weighted by atomic mass is 15.6. The van der Waals surface area contributed by atoms with Gasteiger partial charge in [0, 0.05) is 119 Å². The highest BCUT2D eigenvalue weighted by molar-refractivity contribution is 4.83. The fourth-order valence-electron chi connectivity index (χ4n) is 2.77. The molecular weight excluding hydrogens is 773 g/mol. The summed E-state index contributed by atoms with van der Waals surface area (Å²) in [5.74, 6) is 15.5. The molecule has 0 spiro atoms. The molecule has 20 nitrogen and oxygen atoms in total. The number of hydrogen-bond donors (Lipinski definition) is 12. The third-order valence-corrected chi connectivity index (χ3v) is 6.55. The Morgan fingerprint density at radius 3 is 0.705 bits per heavy atom. The fraction of sp³-hybridized carbons (Fsp3) is 1.00. The van der Waals surface area contributed by atoms with E-state index in [0.717, 1.165) is 26.2 Å². The highest BCUT2D eigenvalue weighted by Crippen LogP contribution is 2.21. The number of nitrogens with zero attached hydrogens (tertiary/aromatic N) is 8. The second kappa shape index (κ2) is 55.3. The van der Waals surface area contributed by atoms with E-state index in [2.05, 4.69) is 156 Å². The Morgan fingerprint density at radius 1 is 0.426 bits per heavy atom. The van der Waals surface area contributed by atoms with E-state index in [1.165, 1.54) is 5.01 Å². The molecular formula is C41H122N20. The maximum absolute atomic E-state index is 5.40. The predicted octanol–water partition coefficient (Wildman–Crippen LogP) is 1.59. The first kappa shape index (κ1) is 83.7. The van der Waals surface area contributed by atoms with Crippen molar-refractivity contribution in [3.8, 4) is 0 Å². The summed E-state index contributed by atoms with van der Waals surface area (Å²) in [6, 6.07) is 0. The molecule has 0 fully saturated rings. The molecule has 386 valence electrons. The number of rotatable bonds is 11. The van der Waals surface area contributed by atoms with Crippen molar-refractivity contribution in [3.63, 3.8) is 0 Å². The number of hydrogen-bond acceptors (Lipinski definition) is 20. The first-order valence-electron chi connectivity index (χ1n) is 21.4. The summed E-state index contributed by atoms with van der Waals surface area (Å²) in [6.45, 7) is 38.0. The van der Waals surface area contributed by atoms with Gasteiger partial charge in [-0.2, -0.15) is 0 Å². The molecule has 0 radical (unpaired) electrons. The van der Waals surface area contributed by atoms with Crippen molar-refractivity contribution in [2.45, 2.75) is 133 Å². The minimum Gasteiger partial charge on any atom is -0.269 e. The first-order valence-corrected chi connectivity index (χ1v) is 21.4. The predicted molar refractivity (Wildman–Crippen MR) is 277 cm³/mol. The van der Waals surface area contributed by atoms with E-state index in [1.807, 2.05) is 135 Å². The Bertz CT molecular complexity index is 685. The van der Waals surface area contributed by atoms with E-state index in [9.17, 15) is 0 Å². The smallest absolute Gasteiger partial charge is 0.0275 e. The van der Waals surface area contributed by atoms with Crippen LogP contribution < -0.4 is 66.4 Å². The minimum absolute atomic E-state index is 0.111. The molecule has 0 bridgehead atoms. The Balaban J connectivity index is -0.0000000602. The van der Waals surface area contributed by atoms with Crippen molar-refractivity contribution in [1.29, 1.82) is 0 Å². The maximum Gasteiger partial charge on any atom is 0.0275 e. The Hall–Kier alpha value is -0.800. The van der Waals surface area contributed by atoms with Crippen LogP contribution in [0.3, 0.4) is 0 Å². The van der Waals surface area contributed by atoms with Crippen LogP contribution in [0, 0.1) is 0 Å². The van der Waals surface area contributed by atoms with E-state index < -0.39 is 0 Å². The average molecular weight is 896 g/mol. The zero-order valence-electron chi connectivity index (χ0n) is 47.6. The molecule has 61 heavy (non-hydrogen) atoms. The second-order valence-electron chi connectivity index (χ2n) is 17.8. The van der Waals surface area contributed by atoms with Gasteiger partial charge in [0.25, 0.3) is 0 Å². The monoisotopic (exact) mass is 895 g/mol. The lowest BCUT2D eigenvalue weighted by Gasteiger charge is -2.44. The summed E-state index contributed by atoms with van der Waals surface area (Å²) in [5.41, 5.74) is 26.6. The van der Waals surface area contributed by atoms with Crippen molar-refractivity contribution >= 4 is 0 Å². The van der Waals surface area contributed by atoms with Crippen LogP contribution >= 0.6 is 0 Å². The maximum atomic E-state index is 5.40. The van der Waals surface area contributed by atoms with Crippen LogP contribution in [0.25, 0.3) is 0 Å². The fourth-order valence-corrected chi connectivity index (χ4v) is 2.77. The number of nitrogens with one attached hydrogen (secondary N) is 9. The molecule has 0 atom stereocenters. The van der Waals surface area contributed by atoms with Crippen molar-refractivity contribution in [1.82, 2.24) is 88.9 Å². The standard InChI is InChI=1S/C9H22N2.3C5H14N2.C4H12N2.3C3H10N2.2C2H8N2/c1-8(2,3)11(10-7)9(4,5)6;1-5(2,3)7(4)6;1-5(2,3)7-6-4;1-4-7(5-2)6-3;1-5(2)6(3)4;1-4-5(2)3;1-3-5(2)4;1-3-5-4-2;1-4(2)3;1-3-4-2/h10H,1-7H3;6H2,1-4H3;6-7H,1-4H3;6H,4-5H2,1-3H3;1-4H3;4H,1-3H3;3-4H2,1-2H3;4-5H,3H2,1-2H3;3H2,1-2H3;3-4H,1-2H3. The molecule has 0 amide bonds. The summed E-state index contributed by atoms with van der Waals surface area (Å²) in [4.78, 5) is 0. The van der Waals surface area contributed by atoms with Gasteiger partial charge >= 0.3 is 0 Å². The molecule has 0 aliphatic carbocycles. The first-order chi connectivity index (χ1) is 27.3. The number of hydrazine groups is 10. The van der Waals surface area contributed by atoms with Crippen LogP contribution in [0.2, 0.25) is 0 Å². The van der Waals surface area contributed by atoms with Gasteiger partial charge in [0.2, 0.25) is 0 Å². The summed E-state index contributed by atoms with van der Waals surface area (Å²) < 4.78 is 0. The Morgan fingerprint density at radius 2 is 0.705 bits per heavy atom. The van der Waals surface area contributed by atoms with Crippen molar-refractivity contribution in [2.24, 2.45) is 17.5 Å². The van der Waals surface area contributed by atoms with Crippen LogP contribution in [0.1, 0.15) is 111 Å². The van der Waals surface area contributed by atoms with Gasteiger partial charge in [-0.3, -0.25) is 81.4 Å². The lowest BCUT2D eigenvalue weighted by molar-refractivity contribution is -0.00560. The second-order valence-corrected chi connectivity index (χ2v) is 17.8. The molecule has 0 aromatic heterocycles. The van der Waals surface area contributed by atoms with E-state index in [4.69, 9.17) is 17.5 Å². The third kappa shape index (κ3) is 120. The van der Waals surface area contributed by atoms with Gasteiger partial charge in [0.1, 0.15) is 0 Å². The molecule has 0 aromatic carbocycles. The normalized spacial score (nSPS) is 11.0. The summed E-state index contributed by atoms with van der Waals surface area (Å²) >= 11 is 0. The third-order valence-electron chi connectivity index (χ3n) is 6.55. The molecule has 0 unspecified atom stereocenters. The van der Waals surface area contributed by atoms with Gasteiger partial charge < -0.3 is 0 Å². The topological polar surface area (TPSA) is 212 Å². The molecule has 0 rings (SSSR count). The van der Waals surface area contributed by atoms with Crippen molar-refractivity contribution in [2.75, 3.05) is 146 Å². The molecule has 0 heterocycles. The molecule has 0 aromatic rings. The van der Waals surface area contributed by atoms with Gasteiger partial charge in [-0.1, -0.05) is 27.7 Å². The van der Waals surface area contributed by atoms with Crippen molar-refractivity contribution in [3.05, 3.63) is 0 Å². The lowest BCUT2D eigenvalue weighted by atomic mass is 9.99. The van der Waals surface area contributed by atoms with Crippen LogP contribution in [0.5, 0.6) is 0 Å². The van der Waals surface area contributed by atoms with Crippen LogP contribution in [-0.2, 0) is 0 Å². The highest BCUT2D eigenvalue weighted by Gasteiger charge is 2.30. The van der Waals surface area contributed by atoms with Gasteiger partial charge in [-0.15, -0.1) is 0 Å². The molecule has 0 saturated carbocycles. The van der Waals surface area contributed by atoms with Crippen LogP contribution in [-0.4, -0.2) is 208 Å². The van der Waals surface area contributed by atoms with E-state index in [0.29, 0.717) is 0 Å². The van der Waals surface area contributed by atoms with E-state index in [1.54, 1.807) is 24.1 Å². The SMILES string of the molecule is CCN(C)N.CCN(CC)NC.CCNNC.CN(C)N.CN(C)N(C)C.CN(N)C(C)(C)C.CNN(C(C)(C)C)C(C)(C)C.CNN(C)C.CNNC.CNNC(C)(C)C. The van der Waals surface area contributed by atoms with E-state index in [-0.39, 0.29) is 22.2 Å². The summed E-state index contributed by atoms with van der Waals surface area (Å²) in [5, 5.41) is 15.1. The zero-order chi connectivity index (χ0) is 51.8. The largest absolute Gasteiger partial charge is 0.269 e. The summed E-state index contributed by atoms with van der Waals surface area (Å²) in [7, 11) is 32.3. The van der Waals surface area contributed by atoms with Gasteiger partial charge in [0.05, 0.1) is 0 Å². The van der Waals surface area contributed by atoms with Crippen LogP contribution in [0.15, 0.2) is 0 Å². The lowest BCUT2D eigenvalue weighted by Crippen LogP contribution is -2.58. The molecule has 20 heteroatoms. The quantitative estimate of drug-likeness (QED) is 0.105. The average Bonchev–Trinajstić information content (AvgIpc) is 3.09. The van der Waals surface area contributed by atoms with E-state index >= 15 is 0 Å². The molecule has 0 aliphatic rings. The molecule has 0 saturated heterocycles. The minimum atomic E-state index is 0.111. The van der Waals surface area contributed by atoms with Gasteiger partial charge in [-0.05, 0) is 132 Å². The van der Waals surface area contributed by atoms with Crippen LogP contribution in [0.4, 0.5) is 0 Å².